The van der Waals surface area contributed by atoms with E-state index in [0.717, 1.165) is 4.47 Å². The average molecular weight is 339 g/mol. The molecule has 2 heterocycles. The van der Waals surface area contributed by atoms with E-state index in [1.807, 2.05) is 42.3 Å². The summed E-state index contributed by atoms with van der Waals surface area (Å²) in [5, 5.41) is 2.02. The molecule has 1 amide bonds. The summed E-state index contributed by atoms with van der Waals surface area (Å²) in [7, 11) is 0. The van der Waals surface area contributed by atoms with Crippen molar-refractivity contribution in [2.24, 2.45) is 0 Å². The summed E-state index contributed by atoms with van der Waals surface area (Å²) in [4.78, 5) is 19.7. The van der Waals surface area contributed by atoms with E-state index in [-0.39, 0.29) is 11.9 Å². The summed E-state index contributed by atoms with van der Waals surface area (Å²) < 4.78 is 0.874. The van der Waals surface area contributed by atoms with Crippen LogP contribution in [0.25, 0.3) is 0 Å². The minimum absolute atomic E-state index is 0.0316. The molecular formula is C14H15BrN2OS. The molecule has 0 aliphatic carbocycles. The third-order valence-electron chi connectivity index (χ3n) is 2.74. The van der Waals surface area contributed by atoms with Crippen LogP contribution < -0.4 is 0 Å². The van der Waals surface area contributed by atoms with E-state index in [0.29, 0.717) is 12.2 Å². The van der Waals surface area contributed by atoms with Crippen molar-refractivity contribution >= 4 is 33.2 Å². The monoisotopic (exact) mass is 338 g/mol. The number of aromatic nitrogens is 1. The van der Waals surface area contributed by atoms with Crippen molar-refractivity contribution in [2.75, 3.05) is 0 Å². The summed E-state index contributed by atoms with van der Waals surface area (Å²) in [6.45, 7) is 4.67. The van der Waals surface area contributed by atoms with E-state index in [1.165, 1.54) is 4.88 Å². The summed E-state index contributed by atoms with van der Waals surface area (Å²) in [5.74, 6) is -0.0316. The Hall–Kier alpha value is -1.20. The maximum absolute atomic E-state index is 12.5. The lowest BCUT2D eigenvalue weighted by Crippen LogP contribution is -2.36. The molecule has 2 rings (SSSR count). The zero-order valence-electron chi connectivity index (χ0n) is 10.8. The fraction of sp³-hybridized carbons (Fsp3) is 0.286. The van der Waals surface area contributed by atoms with Gasteiger partial charge in [0.25, 0.3) is 5.91 Å². The Bertz CT molecular complexity index is 537. The van der Waals surface area contributed by atoms with Gasteiger partial charge in [0.1, 0.15) is 5.69 Å². The highest BCUT2D eigenvalue weighted by atomic mass is 79.9. The van der Waals surface area contributed by atoms with Crippen LogP contribution in [0.1, 0.15) is 29.2 Å². The highest BCUT2D eigenvalue weighted by Gasteiger charge is 2.20. The second-order valence-corrected chi connectivity index (χ2v) is 6.42. The largest absolute Gasteiger partial charge is 0.330 e. The van der Waals surface area contributed by atoms with Crippen LogP contribution in [0.15, 0.2) is 40.3 Å². The smallest absolute Gasteiger partial charge is 0.273 e. The van der Waals surface area contributed by atoms with Crippen molar-refractivity contribution in [3.8, 4) is 0 Å². The molecule has 0 bridgehead atoms. The quantitative estimate of drug-likeness (QED) is 0.845. The van der Waals surface area contributed by atoms with Gasteiger partial charge >= 0.3 is 0 Å². The maximum Gasteiger partial charge on any atom is 0.273 e. The molecule has 5 heteroatoms. The Balaban J connectivity index is 2.19. The zero-order chi connectivity index (χ0) is 13.8. The van der Waals surface area contributed by atoms with Crippen LogP contribution in [0.5, 0.6) is 0 Å². The molecule has 0 aliphatic rings. The molecule has 0 unspecified atom stereocenters. The van der Waals surface area contributed by atoms with Gasteiger partial charge in [-0.15, -0.1) is 11.3 Å². The summed E-state index contributed by atoms with van der Waals surface area (Å²) in [5.41, 5.74) is 0.480. The normalized spacial score (nSPS) is 10.7. The molecule has 0 atom stereocenters. The Morgan fingerprint density at radius 3 is 2.74 bits per heavy atom. The zero-order valence-corrected chi connectivity index (χ0v) is 13.2. The molecule has 0 aliphatic heterocycles. The highest BCUT2D eigenvalue weighted by molar-refractivity contribution is 9.10. The van der Waals surface area contributed by atoms with Crippen molar-refractivity contribution in [1.29, 1.82) is 0 Å². The Labute approximate surface area is 125 Å². The number of amides is 1. The minimum Gasteiger partial charge on any atom is -0.330 e. The first kappa shape index (κ1) is 14.2. The number of rotatable bonds is 4. The van der Waals surface area contributed by atoms with E-state index < -0.39 is 0 Å². The molecule has 0 fully saturated rings. The van der Waals surface area contributed by atoms with Crippen molar-refractivity contribution in [3.05, 3.63) is 50.9 Å². The van der Waals surface area contributed by atoms with Crippen molar-refractivity contribution in [3.63, 3.8) is 0 Å². The Morgan fingerprint density at radius 1 is 1.42 bits per heavy atom. The molecule has 2 aromatic heterocycles. The van der Waals surface area contributed by atoms with Crippen molar-refractivity contribution in [2.45, 2.75) is 26.4 Å². The molecule has 19 heavy (non-hydrogen) atoms. The molecule has 0 spiro atoms. The van der Waals surface area contributed by atoms with Crippen LogP contribution in [0.2, 0.25) is 0 Å². The van der Waals surface area contributed by atoms with Gasteiger partial charge in [-0.3, -0.25) is 4.79 Å². The number of hydrogen-bond donors (Lipinski definition) is 0. The van der Waals surface area contributed by atoms with Gasteiger partial charge in [0, 0.05) is 21.6 Å². The van der Waals surface area contributed by atoms with E-state index in [2.05, 4.69) is 20.9 Å². The standard InChI is InChI=1S/C14H15BrN2OS/c1-10(2)17(9-12-4-3-7-19-12)14(18)13-6-5-11(15)8-16-13/h3-8,10H,9H2,1-2H3. The summed E-state index contributed by atoms with van der Waals surface area (Å²) >= 11 is 4.99. The van der Waals surface area contributed by atoms with Crippen LogP contribution >= 0.6 is 27.3 Å². The van der Waals surface area contributed by atoms with Crippen molar-refractivity contribution in [1.82, 2.24) is 9.88 Å². The van der Waals surface area contributed by atoms with Crippen LogP contribution in [-0.2, 0) is 6.54 Å². The predicted molar refractivity (Wildman–Crippen MR) is 81.3 cm³/mol. The molecular weight excluding hydrogens is 324 g/mol. The third-order valence-corrected chi connectivity index (χ3v) is 4.07. The lowest BCUT2D eigenvalue weighted by atomic mass is 10.2. The molecule has 0 N–H and O–H groups in total. The fourth-order valence-electron chi connectivity index (χ4n) is 1.71. The van der Waals surface area contributed by atoms with E-state index in [4.69, 9.17) is 0 Å². The van der Waals surface area contributed by atoms with Gasteiger partial charge in [0.2, 0.25) is 0 Å². The van der Waals surface area contributed by atoms with Gasteiger partial charge in [-0.05, 0) is 53.4 Å². The number of nitrogens with zero attached hydrogens (tertiary/aromatic N) is 2. The lowest BCUT2D eigenvalue weighted by molar-refractivity contribution is 0.0686. The van der Waals surface area contributed by atoms with Gasteiger partial charge < -0.3 is 4.90 Å². The van der Waals surface area contributed by atoms with Gasteiger partial charge in [-0.25, -0.2) is 4.98 Å². The number of thiophene rings is 1. The Kier molecular flexibility index (Phi) is 4.71. The molecule has 2 aromatic rings. The van der Waals surface area contributed by atoms with E-state index in [9.17, 15) is 4.79 Å². The second-order valence-electron chi connectivity index (χ2n) is 4.47. The number of halogens is 1. The lowest BCUT2D eigenvalue weighted by Gasteiger charge is -2.25. The van der Waals surface area contributed by atoms with Crippen LogP contribution in [0, 0.1) is 0 Å². The predicted octanol–water partition coefficient (Wildman–Crippen LogP) is 3.96. The topological polar surface area (TPSA) is 33.2 Å². The van der Waals surface area contributed by atoms with Crippen LogP contribution in [0.3, 0.4) is 0 Å². The average Bonchev–Trinajstić information content (AvgIpc) is 2.88. The van der Waals surface area contributed by atoms with E-state index >= 15 is 0 Å². The van der Waals surface area contributed by atoms with Crippen LogP contribution in [-0.4, -0.2) is 21.8 Å². The second kappa shape index (κ2) is 6.30. The van der Waals surface area contributed by atoms with Crippen LogP contribution in [0.4, 0.5) is 0 Å². The summed E-state index contributed by atoms with van der Waals surface area (Å²) in [6, 6.07) is 7.77. The molecule has 3 nitrogen and oxygen atoms in total. The SMILES string of the molecule is CC(C)N(Cc1cccs1)C(=O)c1ccc(Br)cn1. The van der Waals surface area contributed by atoms with Crippen molar-refractivity contribution < 1.29 is 4.79 Å². The number of carbonyl (C=O) groups is 1. The van der Waals surface area contributed by atoms with Gasteiger partial charge in [-0.2, -0.15) is 0 Å². The first-order chi connectivity index (χ1) is 9.08. The summed E-state index contributed by atoms with van der Waals surface area (Å²) in [6.07, 6.45) is 1.65. The van der Waals surface area contributed by atoms with E-state index in [1.54, 1.807) is 23.6 Å². The number of hydrogen-bond acceptors (Lipinski definition) is 3. The van der Waals surface area contributed by atoms with Gasteiger partial charge in [0.15, 0.2) is 0 Å². The maximum atomic E-state index is 12.5. The van der Waals surface area contributed by atoms with Gasteiger partial charge in [-0.1, -0.05) is 6.07 Å². The number of carbonyl (C=O) groups excluding carboxylic acids is 1. The molecule has 0 saturated heterocycles. The number of pyridine rings is 1. The third kappa shape index (κ3) is 3.64. The van der Waals surface area contributed by atoms with Gasteiger partial charge in [0.05, 0.1) is 6.54 Å². The molecule has 0 radical (unpaired) electrons. The molecule has 0 aromatic carbocycles. The molecule has 0 saturated carbocycles. The highest BCUT2D eigenvalue weighted by Crippen LogP contribution is 2.17. The molecule has 100 valence electrons. The fourth-order valence-corrected chi connectivity index (χ4v) is 2.65. The minimum atomic E-state index is -0.0316. The first-order valence-electron chi connectivity index (χ1n) is 6.03. The Morgan fingerprint density at radius 2 is 2.21 bits per heavy atom. The first-order valence-corrected chi connectivity index (χ1v) is 7.70.